The van der Waals surface area contributed by atoms with E-state index in [0.717, 1.165) is 19.3 Å². The lowest BCUT2D eigenvalue weighted by molar-refractivity contribution is -0.0202. The summed E-state index contributed by atoms with van der Waals surface area (Å²) in [7, 11) is 0. The monoisotopic (exact) mass is 248 g/mol. The number of nitrogens with zero attached hydrogens (tertiary/aromatic N) is 3. The average molecular weight is 249 g/mol. The first-order valence-electron chi connectivity index (χ1n) is 4.61. The Morgan fingerprint density at radius 1 is 1.33 bits per heavy atom. The van der Waals surface area contributed by atoms with Crippen molar-refractivity contribution in [1.29, 1.82) is 0 Å². The summed E-state index contributed by atoms with van der Waals surface area (Å²) in [5, 5.41) is 20.0. The first-order valence-corrected chi connectivity index (χ1v) is 5.37. The van der Waals surface area contributed by atoms with Gasteiger partial charge in [-0.25, -0.2) is 0 Å². The maximum atomic E-state index is 9.83. The SMILES string of the molecule is OC1(CNc2nc(Cl)nnc2Cl)CCC1. The Labute approximate surface area is 96.8 Å². The average Bonchev–Trinajstić information content (AvgIpc) is 2.17. The zero-order chi connectivity index (χ0) is 10.9. The second kappa shape index (κ2) is 4.08. The summed E-state index contributed by atoms with van der Waals surface area (Å²) in [4.78, 5) is 3.87. The van der Waals surface area contributed by atoms with Crippen LogP contribution in [0.1, 0.15) is 19.3 Å². The van der Waals surface area contributed by atoms with Crippen molar-refractivity contribution in [3.8, 4) is 0 Å². The standard InChI is InChI=1S/C8H10Cl2N4O/c9-5-6(12-7(10)14-13-5)11-4-8(15)2-1-3-8/h15H,1-4H2,(H,11,12,14). The van der Waals surface area contributed by atoms with Gasteiger partial charge in [0.2, 0.25) is 5.28 Å². The quantitative estimate of drug-likeness (QED) is 0.849. The van der Waals surface area contributed by atoms with Gasteiger partial charge < -0.3 is 10.4 Å². The van der Waals surface area contributed by atoms with Crippen molar-refractivity contribution in [2.45, 2.75) is 24.9 Å². The van der Waals surface area contributed by atoms with Crippen molar-refractivity contribution >= 4 is 29.0 Å². The van der Waals surface area contributed by atoms with Crippen LogP contribution < -0.4 is 5.32 Å². The predicted molar refractivity (Wildman–Crippen MR) is 57.1 cm³/mol. The molecule has 1 aromatic heterocycles. The first kappa shape index (κ1) is 10.9. The molecule has 0 bridgehead atoms. The summed E-state index contributed by atoms with van der Waals surface area (Å²) in [5.41, 5.74) is -0.638. The minimum atomic E-state index is -0.638. The van der Waals surface area contributed by atoms with Crippen LogP contribution in [0.2, 0.25) is 10.4 Å². The zero-order valence-corrected chi connectivity index (χ0v) is 9.39. The molecule has 0 radical (unpaired) electrons. The lowest BCUT2D eigenvalue weighted by Gasteiger charge is -2.36. The number of hydrogen-bond donors (Lipinski definition) is 2. The van der Waals surface area contributed by atoms with E-state index < -0.39 is 5.60 Å². The number of halogens is 2. The molecule has 1 saturated carbocycles. The van der Waals surface area contributed by atoms with Gasteiger partial charge in [-0.15, -0.1) is 10.2 Å². The van der Waals surface area contributed by atoms with E-state index >= 15 is 0 Å². The molecule has 0 saturated heterocycles. The van der Waals surface area contributed by atoms with Gasteiger partial charge in [0.25, 0.3) is 0 Å². The molecule has 5 nitrogen and oxygen atoms in total. The summed E-state index contributed by atoms with van der Waals surface area (Å²) in [6.07, 6.45) is 2.64. The Morgan fingerprint density at radius 2 is 2.07 bits per heavy atom. The first-order chi connectivity index (χ1) is 7.09. The molecule has 2 N–H and O–H groups in total. The number of anilines is 1. The van der Waals surface area contributed by atoms with Gasteiger partial charge in [-0.3, -0.25) is 0 Å². The van der Waals surface area contributed by atoms with Crippen LogP contribution in [-0.2, 0) is 0 Å². The Morgan fingerprint density at radius 3 is 2.67 bits per heavy atom. The fourth-order valence-electron chi connectivity index (χ4n) is 1.42. The van der Waals surface area contributed by atoms with Crippen molar-refractivity contribution in [2.75, 3.05) is 11.9 Å². The molecule has 2 rings (SSSR count). The van der Waals surface area contributed by atoms with Crippen molar-refractivity contribution in [3.63, 3.8) is 0 Å². The number of hydrogen-bond acceptors (Lipinski definition) is 5. The predicted octanol–water partition coefficient (Wildman–Crippen LogP) is 1.51. The van der Waals surface area contributed by atoms with Crippen LogP contribution >= 0.6 is 23.2 Å². The third-order valence-corrected chi connectivity index (χ3v) is 2.90. The molecule has 0 spiro atoms. The van der Waals surface area contributed by atoms with Crippen LogP contribution in [-0.4, -0.2) is 32.4 Å². The fourth-order valence-corrected chi connectivity index (χ4v) is 1.68. The Kier molecular flexibility index (Phi) is 2.95. The number of nitrogens with one attached hydrogen (secondary N) is 1. The lowest BCUT2D eigenvalue weighted by Crippen LogP contribution is -2.43. The summed E-state index contributed by atoms with van der Waals surface area (Å²) in [6.45, 7) is 0.405. The molecule has 1 fully saturated rings. The highest BCUT2D eigenvalue weighted by molar-refractivity contribution is 6.32. The molecular formula is C8H10Cl2N4O. The highest BCUT2D eigenvalue weighted by Crippen LogP contribution is 2.31. The van der Waals surface area contributed by atoms with Crippen LogP contribution in [0.15, 0.2) is 0 Å². The summed E-state index contributed by atoms with van der Waals surface area (Å²) >= 11 is 11.3. The van der Waals surface area contributed by atoms with E-state index in [-0.39, 0.29) is 10.4 Å². The molecule has 1 aliphatic carbocycles. The molecule has 1 heterocycles. The Balaban J connectivity index is 2.01. The molecule has 0 aliphatic heterocycles. The van der Waals surface area contributed by atoms with Crippen LogP contribution in [0.3, 0.4) is 0 Å². The third-order valence-electron chi connectivity index (χ3n) is 2.49. The molecule has 0 amide bonds. The fraction of sp³-hybridized carbons (Fsp3) is 0.625. The van der Waals surface area contributed by atoms with Gasteiger partial charge in [0.05, 0.1) is 5.60 Å². The van der Waals surface area contributed by atoms with Gasteiger partial charge >= 0.3 is 0 Å². The van der Waals surface area contributed by atoms with Gasteiger partial charge in [0.1, 0.15) is 0 Å². The van der Waals surface area contributed by atoms with Gasteiger partial charge in [-0.2, -0.15) is 4.98 Å². The molecule has 0 unspecified atom stereocenters. The molecule has 82 valence electrons. The van der Waals surface area contributed by atoms with Crippen molar-refractivity contribution < 1.29 is 5.11 Å². The van der Waals surface area contributed by atoms with E-state index in [2.05, 4.69) is 20.5 Å². The molecular weight excluding hydrogens is 239 g/mol. The summed E-state index contributed by atoms with van der Waals surface area (Å²) < 4.78 is 0. The van der Waals surface area contributed by atoms with Crippen molar-refractivity contribution in [2.24, 2.45) is 0 Å². The minimum absolute atomic E-state index is 0.0301. The second-order valence-electron chi connectivity index (χ2n) is 3.65. The lowest BCUT2D eigenvalue weighted by atomic mass is 9.80. The van der Waals surface area contributed by atoms with Gasteiger partial charge in [-0.1, -0.05) is 11.6 Å². The maximum Gasteiger partial charge on any atom is 0.245 e. The van der Waals surface area contributed by atoms with Gasteiger partial charge in [0.15, 0.2) is 11.0 Å². The number of rotatable bonds is 3. The van der Waals surface area contributed by atoms with E-state index in [1.165, 1.54) is 0 Å². The van der Waals surface area contributed by atoms with E-state index in [0.29, 0.717) is 12.4 Å². The van der Waals surface area contributed by atoms with Crippen molar-refractivity contribution in [1.82, 2.24) is 15.2 Å². The van der Waals surface area contributed by atoms with Crippen LogP contribution in [0.4, 0.5) is 5.82 Å². The van der Waals surface area contributed by atoms with Gasteiger partial charge in [0, 0.05) is 6.54 Å². The Bertz CT molecular complexity index is 370. The number of aliphatic hydroxyl groups is 1. The second-order valence-corrected chi connectivity index (χ2v) is 4.35. The molecule has 7 heteroatoms. The third kappa shape index (κ3) is 2.48. The highest BCUT2D eigenvalue weighted by Gasteiger charge is 2.34. The summed E-state index contributed by atoms with van der Waals surface area (Å²) in [6, 6.07) is 0. The normalized spacial score (nSPS) is 18.3. The molecule has 15 heavy (non-hydrogen) atoms. The minimum Gasteiger partial charge on any atom is -0.388 e. The van der Waals surface area contributed by atoms with E-state index in [1.807, 2.05) is 0 Å². The van der Waals surface area contributed by atoms with E-state index in [9.17, 15) is 5.11 Å². The summed E-state index contributed by atoms with van der Waals surface area (Å²) in [5.74, 6) is 0.358. The highest BCUT2D eigenvalue weighted by atomic mass is 35.5. The zero-order valence-electron chi connectivity index (χ0n) is 7.87. The van der Waals surface area contributed by atoms with E-state index in [4.69, 9.17) is 23.2 Å². The van der Waals surface area contributed by atoms with E-state index in [1.54, 1.807) is 0 Å². The molecule has 0 aromatic carbocycles. The Hall–Kier alpha value is -0.650. The number of aromatic nitrogens is 3. The molecule has 0 atom stereocenters. The molecule has 1 aliphatic rings. The van der Waals surface area contributed by atoms with Crippen molar-refractivity contribution in [3.05, 3.63) is 10.4 Å². The van der Waals surface area contributed by atoms with Gasteiger partial charge in [-0.05, 0) is 30.9 Å². The van der Waals surface area contributed by atoms with Crippen LogP contribution in [0.25, 0.3) is 0 Å². The topological polar surface area (TPSA) is 70.9 Å². The van der Waals surface area contributed by atoms with Crippen LogP contribution in [0, 0.1) is 0 Å². The maximum absolute atomic E-state index is 9.83. The smallest absolute Gasteiger partial charge is 0.245 e. The largest absolute Gasteiger partial charge is 0.388 e. The molecule has 1 aromatic rings. The van der Waals surface area contributed by atoms with Crippen LogP contribution in [0.5, 0.6) is 0 Å².